The molecule has 0 bridgehead atoms. The normalized spacial score (nSPS) is 25.1. The minimum absolute atomic E-state index is 0.227. The summed E-state index contributed by atoms with van der Waals surface area (Å²) in [7, 11) is 3.53. The van der Waals surface area contributed by atoms with E-state index >= 15 is 0 Å². The minimum Gasteiger partial charge on any atom is -0.381 e. The molecule has 106 valence electrons. The van der Waals surface area contributed by atoms with Crippen LogP contribution < -0.4 is 5.32 Å². The highest BCUT2D eigenvalue weighted by atomic mass is 16.5. The maximum absolute atomic E-state index is 5.47. The molecular weight excluding hydrogens is 238 g/mol. The van der Waals surface area contributed by atoms with E-state index in [2.05, 4.69) is 43.4 Å². The Bertz CT molecular complexity index is 400. The Kier molecular flexibility index (Phi) is 4.61. The summed E-state index contributed by atoms with van der Waals surface area (Å²) in [5.74, 6) is 0. The van der Waals surface area contributed by atoms with Crippen LogP contribution in [-0.4, -0.2) is 26.4 Å². The first-order valence-electron chi connectivity index (χ1n) is 6.91. The molecule has 0 heterocycles. The average Bonchev–Trinajstić information content (AvgIpc) is 2.40. The van der Waals surface area contributed by atoms with E-state index in [0.29, 0.717) is 18.8 Å². The summed E-state index contributed by atoms with van der Waals surface area (Å²) in [6.07, 6.45) is 1.49. The van der Waals surface area contributed by atoms with Gasteiger partial charge >= 0.3 is 0 Å². The lowest BCUT2D eigenvalue weighted by molar-refractivity contribution is -0.0979. The first kappa shape index (κ1) is 14.5. The zero-order valence-corrected chi connectivity index (χ0v) is 12.4. The van der Waals surface area contributed by atoms with E-state index in [9.17, 15) is 0 Å². The lowest BCUT2D eigenvalue weighted by atomic mass is 9.64. The van der Waals surface area contributed by atoms with Crippen LogP contribution >= 0.6 is 0 Å². The van der Waals surface area contributed by atoms with Crippen LogP contribution in [0.5, 0.6) is 0 Å². The number of ether oxygens (including phenoxy) is 2. The highest BCUT2D eigenvalue weighted by molar-refractivity contribution is 5.22. The van der Waals surface area contributed by atoms with Crippen molar-refractivity contribution < 1.29 is 9.47 Å². The monoisotopic (exact) mass is 263 g/mol. The van der Waals surface area contributed by atoms with Crippen LogP contribution in [0, 0.1) is 5.41 Å². The highest BCUT2D eigenvalue weighted by Gasteiger charge is 2.48. The Labute approximate surface area is 116 Å². The fraction of sp³-hybridized carbons (Fsp3) is 0.625. The van der Waals surface area contributed by atoms with Gasteiger partial charge in [-0.2, -0.15) is 0 Å². The van der Waals surface area contributed by atoms with Crippen molar-refractivity contribution in [2.45, 2.75) is 45.6 Å². The predicted octanol–water partition coefficient (Wildman–Crippen LogP) is 2.74. The van der Waals surface area contributed by atoms with Gasteiger partial charge in [0, 0.05) is 32.2 Å². The van der Waals surface area contributed by atoms with Crippen LogP contribution in [-0.2, 0) is 22.6 Å². The molecular formula is C16H25NO2. The second-order valence-corrected chi connectivity index (χ2v) is 5.96. The fourth-order valence-electron chi connectivity index (χ4n) is 2.79. The second kappa shape index (κ2) is 6.04. The molecule has 2 rings (SSSR count). The smallest absolute Gasteiger partial charge is 0.0713 e. The van der Waals surface area contributed by atoms with Gasteiger partial charge in [-0.05, 0) is 17.5 Å². The van der Waals surface area contributed by atoms with Gasteiger partial charge in [-0.25, -0.2) is 0 Å². The van der Waals surface area contributed by atoms with Crippen LogP contribution in [0.2, 0.25) is 0 Å². The largest absolute Gasteiger partial charge is 0.381 e. The zero-order chi connectivity index (χ0) is 13.9. The third-order valence-corrected chi connectivity index (χ3v) is 4.35. The summed E-state index contributed by atoms with van der Waals surface area (Å²) in [4.78, 5) is 0. The summed E-state index contributed by atoms with van der Waals surface area (Å²) < 4.78 is 10.6. The first-order chi connectivity index (χ1) is 9.07. The van der Waals surface area contributed by atoms with Crippen molar-refractivity contribution in [1.82, 2.24) is 5.32 Å². The molecule has 1 aliphatic rings. The molecule has 0 spiro atoms. The molecule has 1 N–H and O–H groups in total. The molecule has 2 atom stereocenters. The van der Waals surface area contributed by atoms with Crippen molar-refractivity contribution in [3.8, 4) is 0 Å². The molecule has 1 fully saturated rings. The number of methoxy groups -OCH3 is 2. The molecule has 2 unspecified atom stereocenters. The van der Waals surface area contributed by atoms with Gasteiger partial charge in [0.2, 0.25) is 0 Å². The lowest BCUT2D eigenvalue weighted by Gasteiger charge is -2.51. The summed E-state index contributed by atoms with van der Waals surface area (Å²) >= 11 is 0. The van der Waals surface area contributed by atoms with E-state index in [1.165, 1.54) is 11.1 Å². The van der Waals surface area contributed by atoms with Crippen molar-refractivity contribution >= 4 is 0 Å². The maximum Gasteiger partial charge on any atom is 0.0713 e. The van der Waals surface area contributed by atoms with E-state index in [1.807, 2.05) is 0 Å². The van der Waals surface area contributed by atoms with Crippen molar-refractivity contribution in [3.63, 3.8) is 0 Å². The van der Waals surface area contributed by atoms with Gasteiger partial charge in [0.1, 0.15) is 0 Å². The molecule has 19 heavy (non-hydrogen) atoms. The average molecular weight is 263 g/mol. The lowest BCUT2D eigenvalue weighted by Crippen LogP contribution is -2.60. The molecule has 0 aromatic heterocycles. The molecule has 1 aliphatic carbocycles. The Morgan fingerprint density at radius 1 is 1.16 bits per heavy atom. The number of hydrogen-bond acceptors (Lipinski definition) is 3. The van der Waals surface area contributed by atoms with E-state index in [-0.39, 0.29) is 5.41 Å². The molecule has 1 aromatic rings. The molecule has 1 saturated carbocycles. The van der Waals surface area contributed by atoms with Crippen LogP contribution in [0.3, 0.4) is 0 Å². The molecule has 0 radical (unpaired) electrons. The van der Waals surface area contributed by atoms with Gasteiger partial charge in [-0.1, -0.05) is 38.1 Å². The van der Waals surface area contributed by atoms with Crippen LogP contribution in [0.15, 0.2) is 24.3 Å². The first-order valence-corrected chi connectivity index (χ1v) is 6.91. The van der Waals surface area contributed by atoms with Gasteiger partial charge in [-0.3, -0.25) is 0 Å². The van der Waals surface area contributed by atoms with Gasteiger partial charge in [0.15, 0.2) is 0 Å². The SMILES string of the molecule is COCc1ccc(CNC2CC(OC)C2(C)C)cc1. The summed E-state index contributed by atoms with van der Waals surface area (Å²) in [6, 6.07) is 9.13. The number of hydrogen-bond donors (Lipinski definition) is 1. The Morgan fingerprint density at radius 2 is 1.79 bits per heavy atom. The van der Waals surface area contributed by atoms with Gasteiger partial charge < -0.3 is 14.8 Å². The third kappa shape index (κ3) is 3.16. The number of nitrogens with one attached hydrogen (secondary N) is 1. The molecule has 1 aromatic carbocycles. The van der Waals surface area contributed by atoms with Crippen LogP contribution in [0.4, 0.5) is 0 Å². The zero-order valence-electron chi connectivity index (χ0n) is 12.4. The summed E-state index contributed by atoms with van der Waals surface area (Å²) in [6.45, 7) is 6.13. The van der Waals surface area contributed by atoms with E-state index < -0.39 is 0 Å². The van der Waals surface area contributed by atoms with E-state index in [1.54, 1.807) is 14.2 Å². The van der Waals surface area contributed by atoms with E-state index in [4.69, 9.17) is 9.47 Å². The third-order valence-electron chi connectivity index (χ3n) is 4.35. The molecule has 3 heteroatoms. The van der Waals surface area contributed by atoms with Gasteiger partial charge in [-0.15, -0.1) is 0 Å². The molecule has 0 aliphatic heterocycles. The minimum atomic E-state index is 0.227. The van der Waals surface area contributed by atoms with Crippen molar-refractivity contribution in [2.24, 2.45) is 5.41 Å². The maximum atomic E-state index is 5.47. The second-order valence-electron chi connectivity index (χ2n) is 5.96. The van der Waals surface area contributed by atoms with E-state index in [0.717, 1.165) is 13.0 Å². The van der Waals surface area contributed by atoms with Crippen molar-refractivity contribution in [2.75, 3.05) is 14.2 Å². The number of rotatable bonds is 6. The Balaban J connectivity index is 1.83. The summed E-state index contributed by atoms with van der Waals surface area (Å²) in [5, 5.41) is 3.63. The summed E-state index contributed by atoms with van der Waals surface area (Å²) in [5.41, 5.74) is 2.76. The van der Waals surface area contributed by atoms with Crippen molar-refractivity contribution in [1.29, 1.82) is 0 Å². The van der Waals surface area contributed by atoms with Crippen LogP contribution in [0.25, 0.3) is 0 Å². The Hall–Kier alpha value is -0.900. The Morgan fingerprint density at radius 3 is 2.32 bits per heavy atom. The quantitative estimate of drug-likeness (QED) is 0.856. The highest BCUT2D eigenvalue weighted by Crippen LogP contribution is 2.42. The standard InChI is InChI=1S/C16H25NO2/c1-16(2)14(9-15(16)19-4)17-10-12-5-7-13(8-6-12)11-18-3/h5-8,14-15,17H,9-11H2,1-4H3. The predicted molar refractivity (Wildman–Crippen MR) is 77.0 cm³/mol. The molecule has 3 nitrogen and oxygen atoms in total. The van der Waals surface area contributed by atoms with Crippen molar-refractivity contribution in [3.05, 3.63) is 35.4 Å². The van der Waals surface area contributed by atoms with Gasteiger partial charge in [0.25, 0.3) is 0 Å². The molecule has 0 saturated heterocycles. The van der Waals surface area contributed by atoms with Gasteiger partial charge in [0.05, 0.1) is 12.7 Å². The van der Waals surface area contributed by atoms with Crippen LogP contribution in [0.1, 0.15) is 31.4 Å². The molecule has 0 amide bonds. The number of benzene rings is 1. The fourth-order valence-corrected chi connectivity index (χ4v) is 2.79. The topological polar surface area (TPSA) is 30.5 Å².